The van der Waals surface area contributed by atoms with Crippen molar-refractivity contribution in [1.82, 2.24) is 9.47 Å². The minimum Gasteiger partial charge on any atom is -0.488 e. The maximum absolute atomic E-state index is 12.3. The molecule has 3 aromatic rings. The zero-order valence-corrected chi connectivity index (χ0v) is 14.8. The van der Waals surface area contributed by atoms with E-state index in [1.165, 1.54) is 0 Å². The molecular weight excluding hydrogens is 326 g/mol. The minimum absolute atomic E-state index is 0.0200. The van der Waals surface area contributed by atoms with Crippen LogP contribution in [0.25, 0.3) is 10.9 Å². The van der Waals surface area contributed by atoms with Crippen molar-refractivity contribution in [1.29, 1.82) is 5.26 Å². The first kappa shape index (κ1) is 17.6. The lowest BCUT2D eigenvalue weighted by Crippen LogP contribution is -2.30. The second kappa shape index (κ2) is 8.21. The molecule has 0 saturated carbocycles. The van der Waals surface area contributed by atoms with Crippen LogP contribution in [0.2, 0.25) is 0 Å². The van der Waals surface area contributed by atoms with Crippen LogP contribution in [0.3, 0.4) is 0 Å². The predicted octanol–water partition coefficient (Wildman–Crippen LogP) is 3.59. The fraction of sp³-hybridized carbons (Fsp3) is 0.238. The lowest BCUT2D eigenvalue weighted by Gasteiger charge is -2.16. The largest absolute Gasteiger partial charge is 0.488 e. The number of carbonyl (C=O) groups excluding carboxylic acids is 1. The normalized spacial score (nSPS) is 10.5. The Balaban J connectivity index is 1.74. The van der Waals surface area contributed by atoms with E-state index in [-0.39, 0.29) is 12.5 Å². The number of nitrogens with zero attached hydrogens (tertiary/aromatic N) is 3. The van der Waals surface area contributed by atoms with Gasteiger partial charge in [0.2, 0.25) is 5.91 Å². The van der Waals surface area contributed by atoms with Gasteiger partial charge in [-0.25, -0.2) is 0 Å². The number of hydrogen-bond donors (Lipinski definition) is 0. The fourth-order valence-corrected chi connectivity index (χ4v) is 2.80. The highest BCUT2D eigenvalue weighted by molar-refractivity contribution is 5.88. The standard InChI is InChI=1S/C21H21N3O2/c1-23(13-6-12-22)21(25)15-24-14-11-18-19(24)9-5-10-20(18)26-16-17-7-3-2-4-8-17/h2-5,7-11,14H,6,13,15-16H2,1H3. The van der Waals surface area contributed by atoms with Crippen LogP contribution in [0.5, 0.6) is 5.75 Å². The van der Waals surface area contributed by atoms with Gasteiger partial charge in [0, 0.05) is 25.2 Å². The Labute approximate surface area is 153 Å². The molecule has 1 amide bonds. The zero-order chi connectivity index (χ0) is 18.4. The van der Waals surface area contributed by atoms with E-state index in [0.29, 0.717) is 19.6 Å². The Morgan fingerprint density at radius 3 is 2.73 bits per heavy atom. The highest BCUT2D eigenvalue weighted by Crippen LogP contribution is 2.27. The minimum atomic E-state index is -0.0200. The Morgan fingerprint density at radius 1 is 1.15 bits per heavy atom. The van der Waals surface area contributed by atoms with Gasteiger partial charge in [0.05, 0.1) is 18.0 Å². The van der Waals surface area contributed by atoms with Gasteiger partial charge in [0.15, 0.2) is 0 Å². The number of benzene rings is 2. The van der Waals surface area contributed by atoms with Crippen LogP contribution in [0.15, 0.2) is 60.8 Å². The number of fused-ring (bicyclic) bond motifs is 1. The van der Waals surface area contributed by atoms with E-state index in [0.717, 1.165) is 22.2 Å². The van der Waals surface area contributed by atoms with E-state index in [2.05, 4.69) is 6.07 Å². The molecule has 2 aromatic carbocycles. The summed E-state index contributed by atoms with van der Waals surface area (Å²) in [5, 5.41) is 9.63. The molecule has 132 valence electrons. The van der Waals surface area contributed by atoms with Crippen molar-refractivity contribution in [2.75, 3.05) is 13.6 Å². The first-order valence-electron chi connectivity index (χ1n) is 8.54. The Hall–Kier alpha value is -3.26. The van der Waals surface area contributed by atoms with Crippen molar-refractivity contribution >= 4 is 16.8 Å². The summed E-state index contributed by atoms with van der Waals surface area (Å²) >= 11 is 0. The molecule has 0 atom stereocenters. The van der Waals surface area contributed by atoms with E-state index >= 15 is 0 Å². The van der Waals surface area contributed by atoms with E-state index in [9.17, 15) is 4.79 Å². The number of rotatable bonds is 7. The first-order chi connectivity index (χ1) is 12.7. The molecule has 0 aliphatic rings. The fourth-order valence-electron chi connectivity index (χ4n) is 2.80. The van der Waals surface area contributed by atoms with Gasteiger partial charge < -0.3 is 14.2 Å². The number of amides is 1. The van der Waals surface area contributed by atoms with Crippen molar-refractivity contribution < 1.29 is 9.53 Å². The van der Waals surface area contributed by atoms with E-state index in [1.54, 1.807) is 11.9 Å². The van der Waals surface area contributed by atoms with Gasteiger partial charge in [-0.3, -0.25) is 4.79 Å². The van der Waals surface area contributed by atoms with Crippen LogP contribution in [0, 0.1) is 11.3 Å². The summed E-state index contributed by atoms with van der Waals surface area (Å²) < 4.78 is 7.89. The van der Waals surface area contributed by atoms with Crippen LogP contribution >= 0.6 is 0 Å². The maximum atomic E-state index is 12.3. The highest BCUT2D eigenvalue weighted by Gasteiger charge is 2.12. The van der Waals surface area contributed by atoms with Gasteiger partial charge in [-0.05, 0) is 23.8 Å². The summed E-state index contributed by atoms with van der Waals surface area (Å²) in [5.74, 6) is 0.781. The van der Waals surface area contributed by atoms with E-state index in [4.69, 9.17) is 10.00 Å². The summed E-state index contributed by atoms with van der Waals surface area (Å²) in [6.07, 6.45) is 2.24. The molecular formula is C21H21N3O2. The van der Waals surface area contributed by atoms with E-state index in [1.807, 2.05) is 65.4 Å². The number of ether oxygens (including phenoxy) is 1. The summed E-state index contributed by atoms with van der Waals surface area (Å²) in [6.45, 7) is 1.19. The second-order valence-corrected chi connectivity index (χ2v) is 6.13. The molecule has 0 spiro atoms. The quantitative estimate of drug-likeness (QED) is 0.656. The van der Waals surface area contributed by atoms with Crippen LogP contribution < -0.4 is 4.74 Å². The summed E-state index contributed by atoms with van der Waals surface area (Å²) in [4.78, 5) is 13.9. The lowest BCUT2D eigenvalue weighted by atomic mass is 10.2. The number of carbonyl (C=O) groups is 1. The Bertz CT molecular complexity index is 925. The highest BCUT2D eigenvalue weighted by atomic mass is 16.5. The van der Waals surface area contributed by atoms with Crippen LogP contribution in [-0.2, 0) is 17.9 Å². The molecule has 0 N–H and O–H groups in total. The molecule has 0 aliphatic carbocycles. The molecule has 0 saturated heterocycles. The first-order valence-corrected chi connectivity index (χ1v) is 8.54. The van der Waals surface area contributed by atoms with Gasteiger partial charge in [-0.2, -0.15) is 5.26 Å². The molecule has 0 radical (unpaired) electrons. The smallest absolute Gasteiger partial charge is 0.242 e. The van der Waals surface area contributed by atoms with Gasteiger partial charge >= 0.3 is 0 Å². The topological polar surface area (TPSA) is 58.3 Å². The van der Waals surface area contributed by atoms with Gasteiger partial charge in [-0.15, -0.1) is 0 Å². The molecule has 26 heavy (non-hydrogen) atoms. The molecule has 1 heterocycles. The molecule has 5 nitrogen and oxygen atoms in total. The molecule has 0 unspecified atom stereocenters. The van der Waals surface area contributed by atoms with E-state index < -0.39 is 0 Å². The van der Waals surface area contributed by atoms with Crippen molar-refractivity contribution in [2.24, 2.45) is 0 Å². The zero-order valence-electron chi connectivity index (χ0n) is 14.8. The van der Waals surface area contributed by atoms with Crippen molar-refractivity contribution in [3.05, 3.63) is 66.4 Å². The van der Waals surface area contributed by atoms with Crippen LogP contribution in [0.1, 0.15) is 12.0 Å². The third-order valence-corrected chi connectivity index (χ3v) is 4.30. The number of likely N-dealkylation sites (N-methyl/N-ethyl adjacent to an activating group) is 1. The van der Waals surface area contributed by atoms with Gasteiger partial charge in [0.25, 0.3) is 0 Å². The van der Waals surface area contributed by atoms with Crippen LogP contribution in [0.4, 0.5) is 0 Å². The monoisotopic (exact) mass is 347 g/mol. The summed E-state index contributed by atoms with van der Waals surface area (Å²) in [5.41, 5.74) is 2.07. The molecule has 0 aliphatic heterocycles. The van der Waals surface area contributed by atoms with Crippen molar-refractivity contribution in [3.63, 3.8) is 0 Å². The van der Waals surface area contributed by atoms with Crippen molar-refractivity contribution in [3.8, 4) is 11.8 Å². The molecule has 5 heteroatoms. The molecule has 0 bridgehead atoms. The maximum Gasteiger partial charge on any atom is 0.242 e. The lowest BCUT2D eigenvalue weighted by molar-refractivity contribution is -0.130. The van der Waals surface area contributed by atoms with Crippen molar-refractivity contribution in [2.45, 2.75) is 19.6 Å². The summed E-state index contributed by atoms with van der Waals surface area (Å²) in [7, 11) is 1.72. The SMILES string of the molecule is CN(CCC#N)C(=O)Cn1ccc2c(OCc3ccccc3)cccc21. The van der Waals surface area contributed by atoms with Crippen LogP contribution in [-0.4, -0.2) is 29.0 Å². The molecule has 0 fully saturated rings. The second-order valence-electron chi connectivity index (χ2n) is 6.13. The third kappa shape index (κ3) is 4.04. The van der Waals surface area contributed by atoms with Gasteiger partial charge in [0.1, 0.15) is 18.9 Å². The summed E-state index contributed by atoms with van der Waals surface area (Å²) in [6, 6.07) is 19.9. The number of nitriles is 1. The predicted molar refractivity (Wildman–Crippen MR) is 101 cm³/mol. The molecule has 1 aromatic heterocycles. The molecule has 3 rings (SSSR count). The van der Waals surface area contributed by atoms with Gasteiger partial charge in [-0.1, -0.05) is 36.4 Å². The number of aromatic nitrogens is 1. The Morgan fingerprint density at radius 2 is 1.96 bits per heavy atom. The number of hydrogen-bond acceptors (Lipinski definition) is 3. The average Bonchev–Trinajstić information content (AvgIpc) is 3.08. The third-order valence-electron chi connectivity index (χ3n) is 4.30. The Kier molecular flexibility index (Phi) is 5.55. The average molecular weight is 347 g/mol.